The van der Waals surface area contributed by atoms with Crippen LogP contribution in [-0.2, 0) is 0 Å². The lowest BCUT2D eigenvalue weighted by molar-refractivity contribution is 0.0968. The summed E-state index contributed by atoms with van der Waals surface area (Å²) in [4.78, 5) is 17.5. The maximum atomic E-state index is 13.2. The standard InChI is InChI=1S/C22H18Cl2N2O/c23-17-6-10-19(11-7-17)25-14-21(22(27)16-4-2-1-3-5-16)26(15-25)20-12-8-18(24)9-13-20/h1-13,21H,14-15H2. The molecule has 1 aliphatic heterocycles. The minimum absolute atomic E-state index is 0.113. The molecule has 0 N–H and O–H groups in total. The topological polar surface area (TPSA) is 23.6 Å². The van der Waals surface area contributed by atoms with E-state index in [0.717, 1.165) is 16.9 Å². The minimum atomic E-state index is -0.274. The normalized spacial score (nSPS) is 16.6. The Morgan fingerprint density at radius 1 is 0.778 bits per heavy atom. The number of halogens is 2. The summed E-state index contributed by atoms with van der Waals surface area (Å²) in [6.07, 6.45) is 0. The maximum absolute atomic E-state index is 13.2. The smallest absolute Gasteiger partial charge is 0.187 e. The molecular formula is C22H18Cl2N2O. The van der Waals surface area contributed by atoms with Crippen LogP contribution in [0.5, 0.6) is 0 Å². The lowest BCUT2D eigenvalue weighted by Gasteiger charge is -2.25. The van der Waals surface area contributed by atoms with Crippen molar-refractivity contribution in [1.29, 1.82) is 0 Å². The zero-order valence-electron chi connectivity index (χ0n) is 14.6. The highest BCUT2D eigenvalue weighted by Gasteiger charge is 2.36. The Balaban J connectivity index is 1.67. The molecule has 0 amide bonds. The largest absolute Gasteiger partial charge is 0.351 e. The Bertz CT molecular complexity index is 927. The predicted octanol–water partition coefficient (Wildman–Crippen LogP) is 5.53. The van der Waals surface area contributed by atoms with Crippen molar-refractivity contribution in [3.05, 3.63) is 94.5 Å². The van der Waals surface area contributed by atoms with Gasteiger partial charge in [0.2, 0.25) is 0 Å². The van der Waals surface area contributed by atoms with Gasteiger partial charge in [0.05, 0.1) is 6.67 Å². The van der Waals surface area contributed by atoms with Gasteiger partial charge in [-0.2, -0.15) is 0 Å². The second-order valence-corrected chi connectivity index (χ2v) is 7.41. The zero-order valence-corrected chi connectivity index (χ0v) is 16.1. The van der Waals surface area contributed by atoms with Crippen LogP contribution >= 0.6 is 23.2 Å². The summed E-state index contributed by atoms with van der Waals surface area (Å²) in [6.45, 7) is 1.23. The van der Waals surface area contributed by atoms with Crippen molar-refractivity contribution >= 4 is 40.4 Å². The molecule has 136 valence electrons. The molecule has 3 nitrogen and oxygen atoms in total. The summed E-state index contributed by atoms with van der Waals surface area (Å²) in [5.41, 5.74) is 2.74. The third-order valence-corrected chi connectivity index (χ3v) is 5.31. The third kappa shape index (κ3) is 3.80. The molecule has 0 aromatic heterocycles. The quantitative estimate of drug-likeness (QED) is 0.541. The number of Topliss-reactive ketones (excluding diaryl/α,β-unsaturated/α-hetero) is 1. The molecule has 0 aliphatic carbocycles. The van der Waals surface area contributed by atoms with Crippen LogP contribution in [-0.4, -0.2) is 25.0 Å². The molecule has 5 heteroatoms. The highest BCUT2D eigenvalue weighted by Crippen LogP contribution is 2.30. The van der Waals surface area contributed by atoms with Gasteiger partial charge in [0.15, 0.2) is 5.78 Å². The van der Waals surface area contributed by atoms with E-state index >= 15 is 0 Å². The minimum Gasteiger partial charge on any atom is -0.351 e. The molecular weight excluding hydrogens is 379 g/mol. The first-order valence-electron chi connectivity index (χ1n) is 8.74. The van der Waals surface area contributed by atoms with E-state index in [1.807, 2.05) is 78.9 Å². The van der Waals surface area contributed by atoms with Crippen LogP contribution in [0.2, 0.25) is 10.0 Å². The second kappa shape index (κ2) is 7.63. The van der Waals surface area contributed by atoms with Gasteiger partial charge in [0.1, 0.15) is 6.04 Å². The van der Waals surface area contributed by atoms with Crippen LogP contribution in [0.4, 0.5) is 11.4 Å². The van der Waals surface area contributed by atoms with Crippen molar-refractivity contribution in [3.63, 3.8) is 0 Å². The first-order chi connectivity index (χ1) is 13.1. The van der Waals surface area contributed by atoms with Crippen molar-refractivity contribution in [2.24, 2.45) is 0 Å². The third-order valence-electron chi connectivity index (χ3n) is 4.80. The summed E-state index contributed by atoms with van der Waals surface area (Å²) < 4.78 is 0. The molecule has 1 unspecified atom stereocenters. The summed E-state index contributed by atoms with van der Waals surface area (Å²) in [5.74, 6) is 0.113. The fraction of sp³-hybridized carbons (Fsp3) is 0.136. The van der Waals surface area contributed by atoms with Gasteiger partial charge in [-0.15, -0.1) is 0 Å². The van der Waals surface area contributed by atoms with E-state index in [4.69, 9.17) is 23.2 Å². The summed E-state index contributed by atoms with van der Waals surface area (Å²) >= 11 is 12.1. The second-order valence-electron chi connectivity index (χ2n) is 6.53. The van der Waals surface area contributed by atoms with Crippen LogP contribution in [0.3, 0.4) is 0 Å². The molecule has 0 bridgehead atoms. The van der Waals surface area contributed by atoms with E-state index < -0.39 is 0 Å². The van der Waals surface area contributed by atoms with Crippen molar-refractivity contribution in [1.82, 2.24) is 0 Å². The van der Waals surface area contributed by atoms with E-state index in [9.17, 15) is 4.79 Å². The Hall–Kier alpha value is -2.49. The number of anilines is 2. The Labute approximate surface area is 168 Å². The highest BCUT2D eigenvalue weighted by atomic mass is 35.5. The number of hydrogen-bond acceptors (Lipinski definition) is 3. The van der Waals surface area contributed by atoms with E-state index in [-0.39, 0.29) is 11.8 Å². The van der Waals surface area contributed by atoms with Crippen molar-refractivity contribution < 1.29 is 4.79 Å². The molecule has 1 aliphatic rings. The van der Waals surface area contributed by atoms with Crippen LogP contribution < -0.4 is 9.80 Å². The summed E-state index contributed by atoms with van der Waals surface area (Å²) in [6, 6.07) is 24.5. The summed E-state index contributed by atoms with van der Waals surface area (Å²) in [5, 5.41) is 1.38. The van der Waals surface area contributed by atoms with Gasteiger partial charge in [0, 0.05) is 33.5 Å². The number of carbonyl (C=O) groups excluding carboxylic acids is 1. The predicted molar refractivity (Wildman–Crippen MR) is 112 cm³/mol. The monoisotopic (exact) mass is 396 g/mol. The van der Waals surface area contributed by atoms with Crippen LogP contribution in [0.15, 0.2) is 78.9 Å². The Kier molecular flexibility index (Phi) is 5.06. The first kappa shape index (κ1) is 17.9. The number of nitrogens with zero attached hydrogens (tertiary/aromatic N) is 2. The average Bonchev–Trinajstić information content (AvgIpc) is 3.14. The van der Waals surface area contributed by atoms with E-state index in [2.05, 4.69) is 9.80 Å². The molecule has 1 atom stereocenters. The van der Waals surface area contributed by atoms with Crippen molar-refractivity contribution in [2.75, 3.05) is 23.0 Å². The molecule has 1 saturated heterocycles. The van der Waals surface area contributed by atoms with Gasteiger partial charge in [-0.1, -0.05) is 53.5 Å². The van der Waals surface area contributed by atoms with Gasteiger partial charge in [0.25, 0.3) is 0 Å². The number of benzene rings is 3. The fourth-order valence-electron chi connectivity index (χ4n) is 3.40. The number of carbonyl (C=O) groups is 1. The van der Waals surface area contributed by atoms with E-state index in [0.29, 0.717) is 23.3 Å². The lowest BCUT2D eigenvalue weighted by Crippen LogP contribution is -2.37. The van der Waals surface area contributed by atoms with Gasteiger partial charge >= 0.3 is 0 Å². The van der Waals surface area contributed by atoms with E-state index in [1.54, 1.807) is 0 Å². The molecule has 3 aromatic rings. The van der Waals surface area contributed by atoms with Gasteiger partial charge in [-0.05, 0) is 48.5 Å². The molecule has 27 heavy (non-hydrogen) atoms. The first-order valence-corrected chi connectivity index (χ1v) is 9.49. The van der Waals surface area contributed by atoms with Crippen molar-refractivity contribution in [3.8, 4) is 0 Å². The van der Waals surface area contributed by atoms with Gasteiger partial charge in [-0.25, -0.2) is 0 Å². The SMILES string of the molecule is O=C(c1ccccc1)C1CN(c2ccc(Cl)cc2)CN1c1ccc(Cl)cc1. The van der Waals surface area contributed by atoms with Gasteiger partial charge < -0.3 is 9.80 Å². The molecule has 4 rings (SSSR count). The number of ketones is 1. The van der Waals surface area contributed by atoms with E-state index in [1.165, 1.54) is 0 Å². The van der Waals surface area contributed by atoms with Gasteiger partial charge in [-0.3, -0.25) is 4.79 Å². The maximum Gasteiger partial charge on any atom is 0.187 e. The fourth-order valence-corrected chi connectivity index (χ4v) is 3.65. The average molecular weight is 397 g/mol. The Morgan fingerprint density at radius 2 is 1.33 bits per heavy atom. The van der Waals surface area contributed by atoms with Crippen LogP contribution in [0, 0.1) is 0 Å². The number of rotatable bonds is 4. The molecule has 3 aromatic carbocycles. The summed E-state index contributed by atoms with van der Waals surface area (Å²) in [7, 11) is 0. The zero-order chi connectivity index (χ0) is 18.8. The molecule has 0 spiro atoms. The molecule has 0 saturated carbocycles. The Morgan fingerprint density at radius 3 is 1.93 bits per heavy atom. The van der Waals surface area contributed by atoms with Crippen molar-refractivity contribution in [2.45, 2.75) is 6.04 Å². The number of hydrogen-bond donors (Lipinski definition) is 0. The highest BCUT2D eigenvalue weighted by molar-refractivity contribution is 6.30. The molecule has 0 radical (unpaired) electrons. The lowest BCUT2D eigenvalue weighted by atomic mass is 10.0. The van der Waals surface area contributed by atoms with Crippen LogP contribution in [0.1, 0.15) is 10.4 Å². The van der Waals surface area contributed by atoms with Crippen LogP contribution in [0.25, 0.3) is 0 Å². The molecule has 1 fully saturated rings. The molecule has 1 heterocycles.